The van der Waals surface area contributed by atoms with Crippen molar-refractivity contribution in [2.45, 2.75) is 6.04 Å². The van der Waals surface area contributed by atoms with E-state index in [9.17, 15) is 4.39 Å². The number of hydrogen-bond acceptors (Lipinski definition) is 5. The largest absolute Gasteiger partial charge is 0.383 e. The van der Waals surface area contributed by atoms with Crippen LogP contribution in [-0.4, -0.2) is 23.9 Å². The Labute approximate surface area is 108 Å². The first kappa shape index (κ1) is 12.9. The van der Waals surface area contributed by atoms with Gasteiger partial charge in [0.05, 0.1) is 23.2 Å². The number of halogens is 2. The van der Waals surface area contributed by atoms with Gasteiger partial charge in [0, 0.05) is 7.11 Å². The van der Waals surface area contributed by atoms with Gasteiger partial charge < -0.3 is 15.0 Å². The molecule has 0 aliphatic carbocycles. The van der Waals surface area contributed by atoms with Crippen molar-refractivity contribution in [2.24, 2.45) is 5.73 Å². The molecule has 1 aromatic carbocycles. The summed E-state index contributed by atoms with van der Waals surface area (Å²) in [5, 5.41) is 3.88. The Morgan fingerprint density at radius 2 is 2.33 bits per heavy atom. The maximum Gasteiger partial charge on any atom is 0.262 e. The number of methoxy groups -OCH3 is 1. The van der Waals surface area contributed by atoms with Crippen LogP contribution in [0.5, 0.6) is 0 Å². The van der Waals surface area contributed by atoms with E-state index in [0.717, 1.165) is 0 Å². The van der Waals surface area contributed by atoms with Crippen molar-refractivity contribution in [3.63, 3.8) is 0 Å². The van der Waals surface area contributed by atoms with Crippen LogP contribution in [0.25, 0.3) is 11.5 Å². The molecule has 1 atom stereocenters. The van der Waals surface area contributed by atoms with Crippen molar-refractivity contribution in [3.8, 4) is 11.5 Å². The summed E-state index contributed by atoms with van der Waals surface area (Å²) in [5.74, 6) is -0.288. The highest BCUT2D eigenvalue weighted by molar-refractivity contribution is 6.33. The van der Waals surface area contributed by atoms with Gasteiger partial charge in [-0.15, -0.1) is 0 Å². The molecular weight excluding hydrogens is 261 g/mol. The van der Waals surface area contributed by atoms with Crippen LogP contribution >= 0.6 is 11.6 Å². The van der Waals surface area contributed by atoms with Gasteiger partial charge in [-0.1, -0.05) is 22.8 Å². The molecule has 0 saturated heterocycles. The summed E-state index contributed by atoms with van der Waals surface area (Å²) in [6, 6.07) is 3.77. The van der Waals surface area contributed by atoms with Crippen LogP contribution in [0.3, 0.4) is 0 Å². The molecular formula is C11H11ClFN3O2. The Balaban J connectivity index is 2.35. The Kier molecular flexibility index (Phi) is 3.90. The minimum atomic E-state index is -0.530. The minimum Gasteiger partial charge on any atom is -0.383 e. The lowest BCUT2D eigenvalue weighted by Gasteiger charge is -2.03. The summed E-state index contributed by atoms with van der Waals surface area (Å²) in [5.41, 5.74) is 5.81. The van der Waals surface area contributed by atoms with Crippen molar-refractivity contribution < 1.29 is 13.7 Å². The molecule has 0 saturated carbocycles. The molecule has 0 bridgehead atoms. The first-order valence-corrected chi connectivity index (χ1v) is 5.53. The standard InChI is InChI=1S/C11H11ClFN3O2/c1-17-5-8(14)10-15-11(18-16-10)9-6(12)3-2-4-7(9)13/h2-4,8H,5,14H2,1H3. The van der Waals surface area contributed by atoms with Crippen molar-refractivity contribution in [1.29, 1.82) is 0 Å². The fraction of sp³-hybridized carbons (Fsp3) is 0.273. The zero-order valence-electron chi connectivity index (χ0n) is 9.56. The van der Waals surface area contributed by atoms with Gasteiger partial charge in [-0.2, -0.15) is 4.98 Å². The summed E-state index contributed by atoms with van der Waals surface area (Å²) in [6.45, 7) is 0.240. The predicted octanol–water partition coefficient (Wildman–Crippen LogP) is 2.18. The smallest absolute Gasteiger partial charge is 0.262 e. The molecule has 5 nitrogen and oxygen atoms in total. The van der Waals surface area contributed by atoms with E-state index >= 15 is 0 Å². The second kappa shape index (κ2) is 5.43. The Hall–Kier alpha value is -1.50. The molecule has 1 aromatic heterocycles. The van der Waals surface area contributed by atoms with Crippen LogP contribution in [0, 0.1) is 5.82 Å². The molecule has 2 aromatic rings. The first-order valence-electron chi connectivity index (χ1n) is 5.16. The van der Waals surface area contributed by atoms with Gasteiger partial charge in [0.1, 0.15) is 5.82 Å². The third-order valence-corrected chi connectivity index (χ3v) is 2.61. The van der Waals surface area contributed by atoms with Crippen LogP contribution in [0.15, 0.2) is 22.7 Å². The number of ether oxygens (including phenoxy) is 1. The summed E-state index contributed by atoms with van der Waals surface area (Å²) in [4.78, 5) is 4.01. The van der Waals surface area contributed by atoms with Crippen LogP contribution < -0.4 is 5.73 Å². The fourth-order valence-corrected chi connectivity index (χ4v) is 1.69. The summed E-state index contributed by atoms with van der Waals surface area (Å²) >= 11 is 5.89. The lowest BCUT2D eigenvalue weighted by Crippen LogP contribution is -2.17. The van der Waals surface area contributed by atoms with E-state index < -0.39 is 11.9 Å². The highest BCUT2D eigenvalue weighted by Crippen LogP contribution is 2.29. The van der Waals surface area contributed by atoms with Crippen LogP contribution in [0.1, 0.15) is 11.9 Å². The van der Waals surface area contributed by atoms with Crippen LogP contribution in [0.4, 0.5) is 4.39 Å². The highest BCUT2D eigenvalue weighted by atomic mass is 35.5. The molecule has 0 spiro atoms. The first-order chi connectivity index (χ1) is 8.63. The van der Waals surface area contributed by atoms with Gasteiger partial charge in [-0.3, -0.25) is 0 Å². The average molecular weight is 272 g/mol. The third-order valence-electron chi connectivity index (χ3n) is 2.30. The average Bonchev–Trinajstić information content (AvgIpc) is 2.78. The van der Waals surface area contributed by atoms with E-state index in [2.05, 4.69) is 10.1 Å². The van der Waals surface area contributed by atoms with Crippen molar-refractivity contribution in [2.75, 3.05) is 13.7 Å². The van der Waals surface area contributed by atoms with Gasteiger partial charge in [-0.25, -0.2) is 4.39 Å². The maximum absolute atomic E-state index is 13.6. The van der Waals surface area contributed by atoms with Gasteiger partial charge in [-0.05, 0) is 12.1 Å². The van der Waals surface area contributed by atoms with E-state index in [4.69, 9.17) is 26.6 Å². The number of hydrogen-bond donors (Lipinski definition) is 1. The van der Waals surface area contributed by atoms with E-state index in [1.165, 1.54) is 19.2 Å². The molecule has 0 amide bonds. The molecule has 7 heteroatoms. The second-order valence-corrected chi connectivity index (χ2v) is 4.02. The quantitative estimate of drug-likeness (QED) is 0.922. The molecule has 0 aliphatic heterocycles. The fourth-order valence-electron chi connectivity index (χ4n) is 1.44. The molecule has 1 heterocycles. The SMILES string of the molecule is COCC(N)c1noc(-c2c(F)cccc2Cl)n1. The Bertz CT molecular complexity index is 527. The lowest BCUT2D eigenvalue weighted by atomic mass is 10.2. The molecule has 2 rings (SSSR count). The Morgan fingerprint density at radius 3 is 3.00 bits per heavy atom. The second-order valence-electron chi connectivity index (χ2n) is 3.62. The normalized spacial score (nSPS) is 12.7. The van der Waals surface area contributed by atoms with Crippen molar-refractivity contribution in [3.05, 3.63) is 34.9 Å². The van der Waals surface area contributed by atoms with Gasteiger partial charge >= 0.3 is 0 Å². The summed E-state index contributed by atoms with van der Waals surface area (Å²) < 4.78 is 23.5. The lowest BCUT2D eigenvalue weighted by molar-refractivity contribution is 0.177. The number of rotatable bonds is 4. The number of nitrogens with zero attached hydrogens (tertiary/aromatic N) is 2. The summed E-state index contributed by atoms with van der Waals surface area (Å²) in [6.07, 6.45) is 0. The van der Waals surface area contributed by atoms with Crippen molar-refractivity contribution in [1.82, 2.24) is 10.1 Å². The molecule has 2 N–H and O–H groups in total. The zero-order valence-corrected chi connectivity index (χ0v) is 10.3. The van der Waals surface area contributed by atoms with Crippen molar-refractivity contribution >= 4 is 11.6 Å². The predicted molar refractivity (Wildman–Crippen MR) is 63.5 cm³/mol. The molecule has 96 valence electrons. The highest BCUT2D eigenvalue weighted by Gasteiger charge is 2.19. The molecule has 0 fully saturated rings. The molecule has 0 aliphatic rings. The topological polar surface area (TPSA) is 74.2 Å². The van der Waals surface area contributed by atoms with E-state index in [1.807, 2.05) is 0 Å². The number of aromatic nitrogens is 2. The third kappa shape index (κ3) is 2.50. The van der Waals surface area contributed by atoms with Crippen LogP contribution in [-0.2, 0) is 4.74 Å². The van der Waals surface area contributed by atoms with E-state index in [-0.39, 0.29) is 28.9 Å². The molecule has 18 heavy (non-hydrogen) atoms. The van der Waals surface area contributed by atoms with Gasteiger partial charge in [0.15, 0.2) is 5.82 Å². The van der Waals surface area contributed by atoms with Gasteiger partial charge in [0.2, 0.25) is 0 Å². The summed E-state index contributed by atoms with van der Waals surface area (Å²) in [7, 11) is 1.51. The Morgan fingerprint density at radius 1 is 1.56 bits per heavy atom. The number of nitrogens with two attached hydrogens (primary N) is 1. The van der Waals surface area contributed by atoms with Crippen LogP contribution in [0.2, 0.25) is 5.02 Å². The zero-order chi connectivity index (χ0) is 13.1. The van der Waals surface area contributed by atoms with E-state index in [0.29, 0.717) is 0 Å². The van der Waals surface area contributed by atoms with Gasteiger partial charge in [0.25, 0.3) is 5.89 Å². The monoisotopic (exact) mass is 271 g/mol. The minimum absolute atomic E-state index is 0.000321. The van der Waals surface area contributed by atoms with E-state index in [1.54, 1.807) is 6.07 Å². The number of benzene rings is 1. The maximum atomic E-state index is 13.6. The molecule has 1 unspecified atom stereocenters. The molecule has 0 radical (unpaired) electrons.